The largest absolute Gasteiger partial charge is 0.506 e. The van der Waals surface area contributed by atoms with Crippen LogP contribution in [0.1, 0.15) is 10.5 Å². The van der Waals surface area contributed by atoms with E-state index in [2.05, 4.69) is 10.4 Å². The van der Waals surface area contributed by atoms with Gasteiger partial charge in [-0.2, -0.15) is 5.10 Å². The van der Waals surface area contributed by atoms with Crippen molar-refractivity contribution in [3.8, 4) is 11.5 Å². The third kappa shape index (κ3) is 4.23. The van der Waals surface area contributed by atoms with E-state index in [0.29, 0.717) is 21.5 Å². The number of aromatic nitrogens is 2. The lowest BCUT2D eigenvalue weighted by atomic mass is 10.3. The molecule has 0 aliphatic heterocycles. The van der Waals surface area contributed by atoms with Gasteiger partial charge in [0.15, 0.2) is 12.4 Å². The maximum Gasteiger partial charge on any atom is 0.276 e. The number of benzene rings is 2. The third-order valence-electron chi connectivity index (χ3n) is 3.27. The van der Waals surface area contributed by atoms with Gasteiger partial charge in [0.1, 0.15) is 11.5 Å². The average Bonchev–Trinajstić information content (AvgIpc) is 3.05. The molecule has 0 saturated heterocycles. The molecule has 1 heterocycles. The molecule has 3 rings (SSSR count). The molecule has 0 aliphatic carbocycles. The van der Waals surface area contributed by atoms with Crippen LogP contribution in [0.4, 0.5) is 5.69 Å². The second-order valence-corrected chi connectivity index (χ2v) is 5.90. The molecule has 1 aromatic heterocycles. The molecule has 0 radical (unpaired) electrons. The summed E-state index contributed by atoms with van der Waals surface area (Å²) in [5.41, 5.74) is 0.500. The van der Waals surface area contributed by atoms with Crippen molar-refractivity contribution in [3.05, 3.63) is 70.5 Å². The van der Waals surface area contributed by atoms with Crippen molar-refractivity contribution in [2.24, 2.45) is 0 Å². The zero-order valence-electron chi connectivity index (χ0n) is 12.8. The van der Waals surface area contributed by atoms with Crippen molar-refractivity contribution in [1.82, 2.24) is 9.78 Å². The summed E-state index contributed by atoms with van der Waals surface area (Å²) in [6, 6.07) is 12.9. The molecule has 6 nitrogen and oxygen atoms in total. The van der Waals surface area contributed by atoms with Gasteiger partial charge in [-0.25, -0.2) is 4.68 Å². The van der Waals surface area contributed by atoms with E-state index in [0.717, 1.165) is 0 Å². The van der Waals surface area contributed by atoms with Crippen LogP contribution in [0.15, 0.2) is 54.7 Å². The van der Waals surface area contributed by atoms with E-state index in [4.69, 9.17) is 27.9 Å². The van der Waals surface area contributed by atoms with Crippen LogP contribution in [0.5, 0.6) is 11.5 Å². The quantitative estimate of drug-likeness (QED) is 0.653. The van der Waals surface area contributed by atoms with Gasteiger partial charge in [0.2, 0.25) is 0 Å². The Balaban J connectivity index is 1.64. The van der Waals surface area contributed by atoms with Crippen LogP contribution in [-0.4, -0.2) is 20.8 Å². The number of amides is 1. The fourth-order valence-electron chi connectivity index (χ4n) is 2.05. The first-order chi connectivity index (χ1) is 12.0. The number of rotatable bonds is 5. The van der Waals surface area contributed by atoms with E-state index in [1.807, 2.05) is 0 Å². The van der Waals surface area contributed by atoms with E-state index in [9.17, 15) is 9.90 Å². The van der Waals surface area contributed by atoms with Crippen molar-refractivity contribution in [2.45, 2.75) is 6.73 Å². The third-order valence-corrected chi connectivity index (χ3v) is 3.80. The Bertz CT molecular complexity index is 912. The Hall–Kier alpha value is -2.70. The fraction of sp³-hybridized carbons (Fsp3) is 0.0588. The van der Waals surface area contributed by atoms with Gasteiger partial charge >= 0.3 is 0 Å². The number of nitrogens with zero attached hydrogens (tertiary/aromatic N) is 2. The highest BCUT2D eigenvalue weighted by molar-refractivity contribution is 6.35. The Morgan fingerprint density at radius 2 is 2.00 bits per heavy atom. The van der Waals surface area contributed by atoms with Gasteiger partial charge in [-0.1, -0.05) is 35.3 Å². The van der Waals surface area contributed by atoms with Gasteiger partial charge in [0.05, 0.1) is 10.7 Å². The fourth-order valence-corrected chi connectivity index (χ4v) is 2.51. The van der Waals surface area contributed by atoms with Gasteiger partial charge in [0, 0.05) is 11.2 Å². The molecular formula is C17H13Cl2N3O3. The summed E-state index contributed by atoms with van der Waals surface area (Å²) in [4.78, 5) is 12.2. The molecule has 0 unspecified atom stereocenters. The number of aromatic hydroxyl groups is 1. The van der Waals surface area contributed by atoms with Crippen molar-refractivity contribution >= 4 is 34.8 Å². The lowest BCUT2D eigenvalue weighted by molar-refractivity contribution is 0.102. The van der Waals surface area contributed by atoms with Gasteiger partial charge in [-0.3, -0.25) is 4.79 Å². The maximum absolute atomic E-state index is 12.2. The number of carbonyl (C=O) groups excluding carboxylic acids is 1. The normalized spacial score (nSPS) is 10.5. The standard InChI is InChI=1S/C17H13Cl2N3O3/c18-11-5-6-16(12(19)9-11)25-10-22-8-7-14(21-22)17(24)20-13-3-1-2-4-15(13)23/h1-9,23H,10H2,(H,20,24). The molecule has 2 aromatic carbocycles. The highest BCUT2D eigenvalue weighted by atomic mass is 35.5. The number of ether oxygens (including phenoxy) is 1. The van der Waals surface area contributed by atoms with Gasteiger partial charge in [0.25, 0.3) is 5.91 Å². The predicted octanol–water partition coefficient (Wildman–Crippen LogP) is 4.18. The highest BCUT2D eigenvalue weighted by Gasteiger charge is 2.12. The van der Waals surface area contributed by atoms with Gasteiger partial charge in [-0.05, 0) is 36.4 Å². The summed E-state index contributed by atoms with van der Waals surface area (Å²) >= 11 is 11.9. The number of carbonyl (C=O) groups is 1. The lowest BCUT2D eigenvalue weighted by Gasteiger charge is -2.08. The minimum Gasteiger partial charge on any atom is -0.506 e. The molecule has 0 aliphatic rings. The number of hydrogen-bond donors (Lipinski definition) is 2. The molecule has 3 aromatic rings. The monoisotopic (exact) mass is 377 g/mol. The summed E-state index contributed by atoms with van der Waals surface area (Å²) < 4.78 is 7.00. The second-order valence-electron chi connectivity index (χ2n) is 5.06. The van der Waals surface area contributed by atoms with Crippen molar-refractivity contribution in [2.75, 3.05) is 5.32 Å². The van der Waals surface area contributed by atoms with Crippen LogP contribution in [0, 0.1) is 0 Å². The first-order valence-electron chi connectivity index (χ1n) is 7.23. The first-order valence-corrected chi connectivity index (χ1v) is 7.99. The molecule has 0 atom stereocenters. The number of phenols is 1. The van der Waals surface area contributed by atoms with Crippen LogP contribution in [-0.2, 0) is 6.73 Å². The van der Waals surface area contributed by atoms with E-state index in [1.54, 1.807) is 48.7 Å². The smallest absolute Gasteiger partial charge is 0.276 e. The number of phenolic OH excluding ortho intramolecular Hbond substituents is 1. The molecule has 0 saturated carbocycles. The summed E-state index contributed by atoms with van der Waals surface area (Å²) in [6.07, 6.45) is 1.60. The molecule has 0 bridgehead atoms. The highest BCUT2D eigenvalue weighted by Crippen LogP contribution is 2.27. The minimum absolute atomic E-state index is 0.0176. The molecule has 128 valence electrons. The molecule has 1 amide bonds. The lowest BCUT2D eigenvalue weighted by Crippen LogP contribution is -2.14. The van der Waals surface area contributed by atoms with Crippen LogP contribution in [0.3, 0.4) is 0 Å². The number of halogens is 2. The summed E-state index contributed by atoms with van der Waals surface area (Å²) in [7, 11) is 0. The van der Waals surface area contributed by atoms with E-state index in [-0.39, 0.29) is 18.2 Å². The Labute approximate surface area is 153 Å². The Morgan fingerprint density at radius 3 is 2.76 bits per heavy atom. The molecule has 0 fully saturated rings. The van der Waals surface area contributed by atoms with Gasteiger partial charge < -0.3 is 15.2 Å². The van der Waals surface area contributed by atoms with Crippen molar-refractivity contribution < 1.29 is 14.6 Å². The first kappa shape index (κ1) is 17.1. The summed E-state index contributed by atoms with van der Waals surface area (Å²) in [5, 5.41) is 17.3. The van der Waals surface area contributed by atoms with E-state index in [1.165, 1.54) is 10.7 Å². The Kier molecular flexibility index (Phi) is 5.11. The molecule has 2 N–H and O–H groups in total. The second kappa shape index (κ2) is 7.46. The molecule has 8 heteroatoms. The Morgan fingerprint density at radius 1 is 1.20 bits per heavy atom. The number of nitrogens with one attached hydrogen (secondary N) is 1. The van der Waals surface area contributed by atoms with E-state index < -0.39 is 5.91 Å². The summed E-state index contributed by atoms with van der Waals surface area (Å²) in [6.45, 7) is 0.0746. The molecule has 0 spiro atoms. The van der Waals surface area contributed by atoms with Crippen LogP contribution in [0.2, 0.25) is 10.0 Å². The predicted molar refractivity (Wildman–Crippen MR) is 95.4 cm³/mol. The van der Waals surface area contributed by atoms with Crippen LogP contribution < -0.4 is 10.1 Å². The minimum atomic E-state index is -0.440. The van der Waals surface area contributed by atoms with Crippen LogP contribution in [0.25, 0.3) is 0 Å². The maximum atomic E-state index is 12.2. The van der Waals surface area contributed by atoms with E-state index >= 15 is 0 Å². The number of para-hydroxylation sites is 2. The molecule has 25 heavy (non-hydrogen) atoms. The topological polar surface area (TPSA) is 76.4 Å². The average molecular weight is 378 g/mol. The molecular weight excluding hydrogens is 365 g/mol. The zero-order valence-corrected chi connectivity index (χ0v) is 14.3. The van der Waals surface area contributed by atoms with Gasteiger partial charge in [-0.15, -0.1) is 0 Å². The SMILES string of the molecule is O=C(Nc1ccccc1O)c1ccn(COc2ccc(Cl)cc2Cl)n1. The number of hydrogen-bond acceptors (Lipinski definition) is 4. The van der Waals surface area contributed by atoms with Crippen molar-refractivity contribution in [1.29, 1.82) is 0 Å². The van der Waals surface area contributed by atoms with Crippen molar-refractivity contribution in [3.63, 3.8) is 0 Å². The zero-order chi connectivity index (χ0) is 17.8. The summed E-state index contributed by atoms with van der Waals surface area (Å²) in [5.74, 6) is 0.00236. The number of anilines is 1. The van der Waals surface area contributed by atoms with Crippen LogP contribution >= 0.6 is 23.2 Å².